The molecule has 3 rings (SSSR count). The number of fused-ring (bicyclic) bond motifs is 1. The van der Waals surface area contributed by atoms with Crippen molar-refractivity contribution in [1.82, 2.24) is 9.29 Å². The maximum absolute atomic E-state index is 13.4. The van der Waals surface area contributed by atoms with Crippen LogP contribution in [-0.4, -0.2) is 41.5 Å². The summed E-state index contributed by atoms with van der Waals surface area (Å²) in [5.74, 6) is 0. The van der Waals surface area contributed by atoms with E-state index in [4.69, 9.17) is 0 Å². The highest BCUT2D eigenvalue weighted by Crippen LogP contribution is 2.31. The molecule has 1 aliphatic carbocycles. The smallest absolute Gasteiger partial charge is 0.244 e. The van der Waals surface area contributed by atoms with Gasteiger partial charge >= 0.3 is 0 Å². The summed E-state index contributed by atoms with van der Waals surface area (Å²) in [5.41, 5.74) is 0. The highest BCUT2D eigenvalue weighted by Gasteiger charge is 2.33. The molecule has 1 heterocycles. The number of rotatable bonds is 5. The van der Waals surface area contributed by atoms with Gasteiger partial charge in [-0.25, -0.2) is 8.42 Å². The van der Waals surface area contributed by atoms with Crippen LogP contribution in [-0.2, 0) is 10.0 Å². The van der Waals surface area contributed by atoms with Crippen molar-refractivity contribution in [1.29, 1.82) is 0 Å². The van der Waals surface area contributed by atoms with Crippen molar-refractivity contribution in [3.05, 3.63) is 36.7 Å². The second-order valence-electron chi connectivity index (χ2n) is 6.57. The number of sulfonamides is 1. The zero-order valence-electron chi connectivity index (χ0n) is 13.9. The molecular weight excluding hydrogens is 324 g/mol. The van der Waals surface area contributed by atoms with Crippen LogP contribution in [0, 0.1) is 0 Å². The standard InChI is InChI=1S/C18H24N2O3S/c1-14(21)13-20(16-7-3-2-4-8-16)24(22,23)18-9-5-6-15-12-19-11-10-17(15)18/h5-6,9-12,14,16,21H,2-4,7-8,13H2,1H3/t14-/m1/s1. The van der Waals surface area contributed by atoms with Gasteiger partial charge in [-0.3, -0.25) is 4.98 Å². The van der Waals surface area contributed by atoms with Gasteiger partial charge < -0.3 is 5.11 Å². The van der Waals surface area contributed by atoms with E-state index in [2.05, 4.69) is 4.98 Å². The average molecular weight is 348 g/mol. The number of aliphatic hydroxyl groups is 1. The van der Waals surface area contributed by atoms with Crippen LogP contribution in [0.2, 0.25) is 0 Å². The van der Waals surface area contributed by atoms with Gasteiger partial charge in [0, 0.05) is 35.8 Å². The Labute approximate surface area is 143 Å². The predicted molar refractivity (Wildman–Crippen MR) is 94.2 cm³/mol. The third kappa shape index (κ3) is 3.45. The molecule has 0 unspecified atom stereocenters. The van der Waals surface area contributed by atoms with E-state index in [1.165, 1.54) is 4.31 Å². The van der Waals surface area contributed by atoms with E-state index in [1.54, 1.807) is 37.5 Å². The Balaban J connectivity index is 2.07. The van der Waals surface area contributed by atoms with Gasteiger partial charge in [-0.15, -0.1) is 0 Å². The van der Waals surface area contributed by atoms with Crippen LogP contribution in [0.1, 0.15) is 39.0 Å². The summed E-state index contributed by atoms with van der Waals surface area (Å²) >= 11 is 0. The Morgan fingerprint density at radius 1 is 1.25 bits per heavy atom. The molecule has 0 bridgehead atoms. The first-order chi connectivity index (χ1) is 11.5. The molecule has 1 N–H and O–H groups in total. The lowest BCUT2D eigenvalue weighted by molar-refractivity contribution is 0.136. The summed E-state index contributed by atoms with van der Waals surface area (Å²) in [5, 5.41) is 11.3. The first-order valence-corrected chi connectivity index (χ1v) is 9.97. The van der Waals surface area contributed by atoms with E-state index < -0.39 is 16.1 Å². The molecule has 1 aromatic carbocycles. The number of hydrogen-bond donors (Lipinski definition) is 1. The molecule has 130 valence electrons. The lowest BCUT2D eigenvalue weighted by Gasteiger charge is -2.34. The van der Waals surface area contributed by atoms with Gasteiger partial charge in [0.25, 0.3) is 0 Å². The Morgan fingerprint density at radius 3 is 2.71 bits per heavy atom. The molecule has 0 amide bonds. The van der Waals surface area contributed by atoms with E-state index in [9.17, 15) is 13.5 Å². The topological polar surface area (TPSA) is 70.5 Å². The summed E-state index contributed by atoms with van der Waals surface area (Å²) in [6, 6.07) is 6.97. The van der Waals surface area contributed by atoms with Crippen molar-refractivity contribution in [2.75, 3.05) is 6.54 Å². The number of benzene rings is 1. The van der Waals surface area contributed by atoms with Crippen molar-refractivity contribution in [2.24, 2.45) is 0 Å². The molecule has 6 heteroatoms. The molecule has 1 saturated carbocycles. The summed E-state index contributed by atoms with van der Waals surface area (Å²) in [6.45, 7) is 1.77. The highest BCUT2D eigenvalue weighted by molar-refractivity contribution is 7.89. The van der Waals surface area contributed by atoms with Gasteiger partial charge in [0.05, 0.1) is 11.0 Å². The molecule has 0 radical (unpaired) electrons. The van der Waals surface area contributed by atoms with E-state index >= 15 is 0 Å². The van der Waals surface area contributed by atoms with E-state index in [-0.39, 0.29) is 12.6 Å². The number of hydrogen-bond acceptors (Lipinski definition) is 4. The van der Waals surface area contributed by atoms with Crippen molar-refractivity contribution >= 4 is 20.8 Å². The summed E-state index contributed by atoms with van der Waals surface area (Å²) in [6.07, 6.45) is 7.54. The Bertz CT molecular complexity index is 794. The van der Waals surface area contributed by atoms with Crippen molar-refractivity contribution in [2.45, 2.75) is 56.1 Å². The lowest BCUT2D eigenvalue weighted by Crippen LogP contribution is -2.44. The Kier molecular flexibility index (Phi) is 5.18. The minimum absolute atomic E-state index is 0.0320. The van der Waals surface area contributed by atoms with Crippen LogP contribution in [0.15, 0.2) is 41.6 Å². The summed E-state index contributed by atoms with van der Waals surface area (Å²) in [4.78, 5) is 4.37. The average Bonchev–Trinajstić information content (AvgIpc) is 2.59. The van der Waals surface area contributed by atoms with Gasteiger partial charge in [-0.1, -0.05) is 31.4 Å². The first-order valence-electron chi connectivity index (χ1n) is 8.53. The fourth-order valence-corrected chi connectivity index (χ4v) is 5.50. The third-order valence-electron chi connectivity index (χ3n) is 4.65. The van der Waals surface area contributed by atoms with Crippen LogP contribution in [0.25, 0.3) is 10.8 Å². The van der Waals surface area contributed by atoms with E-state index in [1.807, 2.05) is 6.07 Å². The van der Waals surface area contributed by atoms with Crippen LogP contribution < -0.4 is 0 Å². The first kappa shape index (κ1) is 17.3. The minimum Gasteiger partial charge on any atom is -0.392 e. The third-order valence-corrected chi connectivity index (χ3v) is 6.63. The normalized spacial score (nSPS) is 18.1. The van der Waals surface area contributed by atoms with Crippen LogP contribution in [0.3, 0.4) is 0 Å². The largest absolute Gasteiger partial charge is 0.392 e. The molecule has 1 atom stereocenters. The van der Waals surface area contributed by atoms with Gasteiger partial charge in [0.1, 0.15) is 0 Å². The molecule has 0 aliphatic heterocycles. The van der Waals surface area contributed by atoms with Gasteiger partial charge in [-0.2, -0.15) is 4.31 Å². The molecule has 2 aromatic rings. The fourth-order valence-electron chi connectivity index (χ4n) is 3.52. The number of aliphatic hydroxyl groups excluding tert-OH is 1. The molecule has 1 fully saturated rings. The number of pyridine rings is 1. The molecule has 1 aliphatic rings. The monoisotopic (exact) mass is 348 g/mol. The lowest BCUT2D eigenvalue weighted by atomic mass is 9.95. The quantitative estimate of drug-likeness (QED) is 0.902. The summed E-state index contributed by atoms with van der Waals surface area (Å²) < 4.78 is 28.3. The fraction of sp³-hybridized carbons (Fsp3) is 0.500. The van der Waals surface area contributed by atoms with Gasteiger partial charge in [0.2, 0.25) is 10.0 Å². The molecule has 1 aromatic heterocycles. The highest BCUT2D eigenvalue weighted by atomic mass is 32.2. The molecule has 24 heavy (non-hydrogen) atoms. The molecular formula is C18H24N2O3S. The van der Waals surface area contributed by atoms with Gasteiger partial charge in [-0.05, 0) is 31.9 Å². The second kappa shape index (κ2) is 7.17. The van der Waals surface area contributed by atoms with Crippen LogP contribution >= 0.6 is 0 Å². The minimum atomic E-state index is -3.68. The van der Waals surface area contributed by atoms with Crippen molar-refractivity contribution in [3.63, 3.8) is 0 Å². The zero-order valence-corrected chi connectivity index (χ0v) is 14.7. The van der Waals surface area contributed by atoms with Crippen LogP contribution in [0.4, 0.5) is 0 Å². The van der Waals surface area contributed by atoms with E-state index in [0.29, 0.717) is 10.3 Å². The SMILES string of the molecule is C[C@@H](O)CN(C1CCCCC1)S(=O)(=O)c1cccc2cnccc12. The molecule has 5 nitrogen and oxygen atoms in total. The maximum atomic E-state index is 13.4. The van der Waals surface area contributed by atoms with Crippen molar-refractivity contribution < 1.29 is 13.5 Å². The molecule has 0 spiro atoms. The molecule has 0 saturated heterocycles. The number of nitrogens with zero attached hydrogens (tertiary/aromatic N) is 2. The van der Waals surface area contributed by atoms with Gasteiger partial charge in [0.15, 0.2) is 0 Å². The second-order valence-corrected chi connectivity index (χ2v) is 8.43. The zero-order chi connectivity index (χ0) is 17.2. The number of aromatic nitrogens is 1. The predicted octanol–water partition coefficient (Wildman–Crippen LogP) is 2.94. The summed E-state index contributed by atoms with van der Waals surface area (Å²) in [7, 11) is -3.68. The van der Waals surface area contributed by atoms with E-state index in [0.717, 1.165) is 37.5 Å². The van der Waals surface area contributed by atoms with Crippen LogP contribution in [0.5, 0.6) is 0 Å². The maximum Gasteiger partial charge on any atom is 0.244 e. The Morgan fingerprint density at radius 2 is 2.00 bits per heavy atom. The Hall–Kier alpha value is -1.50. The van der Waals surface area contributed by atoms with Crippen molar-refractivity contribution in [3.8, 4) is 0 Å².